The molecule has 0 aromatic carbocycles. The van der Waals surface area contributed by atoms with Crippen LogP contribution in [0.2, 0.25) is 0 Å². The molecule has 0 spiro atoms. The molecular weight excluding hydrogens is 134 g/mol. The lowest BCUT2D eigenvalue weighted by Gasteiger charge is -2.16. The van der Waals surface area contributed by atoms with Crippen LogP contribution in [0, 0.1) is 11.8 Å². The van der Waals surface area contributed by atoms with E-state index in [4.69, 9.17) is 5.73 Å². The molecule has 0 heterocycles. The van der Waals surface area contributed by atoms with Crippen molar-refractivity contribution < 1.29 is 14.7 Å². The van der Waals surface area contributed by atoms with E-state index in [-0.39, 0.29) is 0 Å². The number of aliphatic carboxylic acids is 1. The van der Waals surface area contributed by atoms with Crippen molar-refractivity contribution in [2.75, 3.05) is 0 Å². The number of amides is 1. The number of nitrogens with two attached hydrogens (primary N) is 1. The first-order valence-electron chi connectivity index (χ1n) is 2.97. The van der Waals surface area contributed by atoms with Gasteiger partial charge in [0.1, 0.15) is 0 Å². The fourth-order valence-corrected chi connectivity index (χ4v) is 0.451. The molecule has 0 aliphatic carbocycles. The third kappa shape index (κ3) is 2.05. The lowest BCUT2D eigenvalue weighted by atomic mass is 9.96. The van der Waals surface area contributed by atoms with Crippen LogP contribution in [-0.4, -0.2) is 11.9 Å². The second-order valence-corrected chi connectivity index (χ2v) is 2.30. The van der Waals surface area contributed by atoms with Crippen LogP contribution in [0.25, 0.3) is 0 Å². The van der Waals surface area contributed by atoms with Gasteiger partial charge in [0.25, 0.3) is 0 Å². The SMILES string of the molecule is CC(C(N)=O)C(C)C(=O)[O-]. The summed E-state index contributed by atoms with van der Waals surface area (Å²) in [4.78, 5) is 20.5. The summed E-state index contributed by atoms with van der Waals surface area (Å²) in [7, 11) is 0. The van der Waals surface area contributed by atoms with Gasteiger partial charge in [0.15, 0.2) is 0 Å². The van der Waals surface area contributed by atoms with Gasteiger partial charge in [0.2, 0.25) is 5.91 Å². The van der Waals surface area contributed by atoms with Gasteiger partial charge < -0.3 is 15.6 Å². The third-order valence-electron chi connectivity index (χ3n) is 1.57. The Morgan fingerprint density at radius 3 is 1.80 bits per heavy atom. The molecule has 0 aromatic heterocycles. The topological polar surface area (TPSA) is 83.2 Å². The van der Waals surface area contributed by atoms with E-state index in [9.17, 15) is 14.7 Å². The molecule has 2 atom stereocenters. The number of carboxylic acids is 1. The predicted molar refractivity (Wildman–Crippen MR) is 32.5 cm³/mol. The van der Waals surface area contributed by atoms with Gasteiger partial charge in [-0.1, -0.05) is 13.8 Å². The highest BCUT2D eigenvalue weighted by Crippen LogP contribution is 2.07. The molecule has 58 valence electrons. The Kier molecular flexibility index (Phi) is 2.86. The first-order chi connectivity index (χ1) is 4.46. The van der Waals surface area contributed by atoms with Crippen molar-refractivity contribution >= 4 is 11.9 Å². The second kappa shape index (κ2) is 3.20. The first-order valence-corrected chi connectivity index (χ1v) is 2.97. The molecule has 0 aliphatic heterocycles. The fourth-order valence-electron chi connectivity index (χ4n) is 0.451. The van der Waals surface area contributed by atoms with Gasteiger partial charge in [-0.15, -0.1) is 0 Å². The molecule has 0 aromatic rings. The summed E-state index contributed by atoms with van der Waals surface area (Å²) < 4.78 is 0. The van der Waals surface area contributed by atoms with Crippen molar-refractivity contribution in [1.82, 2.24) is 0 Å². The standard InChI is InChI=1S/C6H11NO3/c1-3(5(7)8)4(2)6(9)10/h3-4H,1-2H3,(H2,7,8)(H,9,10)/p-1. The Balaban J connectivity index is 4.07. The van der Waals surface area contributed by atoms with Crippen LogP contribution >= 0.6 is 0 Å². The summed E-state index contributed by atoms with van der Waals surface area (Å²) in [5.74, 6) is -3.33. The number of carbonyl (C=O) groups excluding carboxylic acids is 2. The molecule has 10 heavy (non-hydrogen) atoms. The Labute approximate surface area is 59.0 Å². The number of hydrogen-bond acceptors (Lipinski definition) is 3. The van der Waals surface area contributed by atoms with Crippen LogP contribution in [0.3, 0.4) is 0 Å². The van der Waals surface area contributed by atoms with Crippen LogP contribution in [0.5, 0.6) is 0 Å². The summed E-state index contributed by atoms with van der Waals surface area (Å²) in [6, 6.07) is 0. The summed E-state index contributed by atoms with van der Waals surface area (Å²) in [6.45, 7) is 2.85. The third-order valence-corrected chi connectivity index (χ3v) is 1.57. The fraction of sp³-hybridized carbons (Fsp3) is 0.667. The minimum absolute atomic E-state index is 0.614. The van der Waals surface area contributed by atoms with E-state index < -0.39 is 23.7 Å². The number of primary amides is 1. The minimum atomic E-state index is -1.24. The van der Waals surface area contributed by atoms with E-state index >= 15 is 0 Å². The van der Waals surface area contributed by atoms with Gasteiger partial charge in [-0.25, -0.2) is 0 Å². The Morgan fingerprint density at radius 2 is 1.70 bits per heavy atom. The molecule has 0 radical (unpaired) electrons. The smallest absolute Gasteiger partial charge is 0.220 e. The van der Waals surface area contributed by atoms with Crippen molar-refractivity contribution in [2.45, 2.75) is 13.8 Å². The highest BCUT2D eigenvalue weighted by atomic mass is 16.4. The maximum atomic E-state index is 10.4. The molecule has 1 amide bonds. The molecule has 0 saturated heterocycles. The van der Waals surface area contributed by atoms with Crippen molar-refractivity contribution in [1.29, 1.82) is 0 Å². The van der Waals surface area contributed by atoms with E-state index in [2.05, 4.69) is 0 Å². The monoisotopic (exact) mass is 144 g/mol. The Bertz CT molecular complexity index is 137. The van der Waals surface area contributed by atoms with Gasteiger partial charge in [-0.05, 0) is 0 Å². The average Bonchev–Trinajstić information content (AvgIpc) is 1.84. The number of carboxylic acid groups (broad SMARTS) is 1. The molecule has 4 heteroatoms. The van der Waals surface area contributed by atoms with Gasteiger partial charge in [0, 0.05) is 17.8 Å². The molecular formula is C6H10NO3-. The molecule has 0 bridgehead atoms. The van der Waals surface area contributed by atoms with Gasteiger partial charge in [-0.3, -0.25) is 4.79 Å². The zero-order valence-electron chi connectivity index (χ0n) is 5.96. The quantitative estimate of drug-likeness (QED) is 0.523. The maximum Gasteiger partial charge on any atom is 0.220 e. The van der Waals surface area contributed by atoms with Crippen LogP contribution < -0.4 is 10.8 Å². The first kappa shape index (κ1) is 8.94. The minimum Gasteiger partial charge on any atom is -0.550 e. The van der Waals surface area contributed by atoms with Crippen LogP contribution in [0.15, 0.2) is 0 Å². The second-order valence-electron chi connectivity index (χ2n) is 2.30. The number of carbonyl (C=O) groups is 2. The van der Waals surface area contributed by atoms with Crippen LogP contribution in [0.1, 0.15) is 13.8 Å². The zero-order chi connectivity index (χ0) is 8.31. The molecule has 4 nitrogen and oxygen atoms in total. The van der Waals surface area contributed by atoms with Crippen molar-refractivity contribution in [3.63, 3.8) is 0 Å². The van der Waals surface area contributed by atoms with Crippen LogP contribution in [-0.2, 0) is 9.59 Å². The van der Waals surface area contributed by atoms with E-state index in [1.165, 1.54) is 13.8 Å². The maximum absolute atomic E-state index is 10.4. The number of hydrogen-bond donors (Lipinski definition) is 1. The zero-order valence-corrected chi connectivity index (χ0v) is 5.96. The number of rotatable bonds is 3. The highest BCUT2D eigenvalue weighted by molar-refractivity contribution is 5.82. The van der Waals surface area contributed by atoms with Crippen molar-refractivity contribution in [3.8, 4) is 0 Å². The summed E-state index contributed by atoms with van der Waals surface area (Å²) in [5, 5.41) is 10.1. The predicted octanol–water partition coefficient (Wildman–Crippen LogP) is -1.51. The highest BCUT2D eigenvalue weighted by Gasteiger charge is 2.17. The van der Waals surface area contributed by atoms with E-state index in [0.717, 1.165) is 0 Å². The summed E-state index contributed by atoms with van der Waals surface area (Å²) >= 11 is 0. The van der Waals surface area contributed by atoms with Crippen molar-refractivity contribution in [2.24, 2.45) is 17.6 Å². The summed E-state index contributed by atoms with van der Waals surface area (Å²) in [6.07, 6.45) is 0. The Hall–Kier alpha value is -1.06. The van der Waals surface area contributed by atoms with Gasteiger partial charge in [0.05, 0.1) is 0 Å². The van der Waals surface area contributed by atoms with Crippen LogP contribution in [0.4, 0.5) is 0 Å². The molecule has 0 fully saturated rings. The van der Waals surface area contributed by atoms with Gasteiger partial charge >= 0.3 is 0 Å². The molecule has 0 aliphatic rings. The molecule has 2 N–H and O–H groups in total. The molecule has 0 rings (SSSR count). The normalized spacial score (nSPS) is 15.8. The lowest BCUT2D eigenvalue weighted by Crippen LogP contribution is -2.38. The molecule has 2 unspecified atom stereocenters. The molecule has 0 saturated carbocycles. The summed E-state index contributed by atoms with van der Waals surface area (Å²) in [5.41, 5.74) is 4.84. The Morgan fingerprint density at radius 1 is 1.30 bits per heavy atom. The largest absolute Gasteiger partial charge is 0.550 e. The van der Waals surface area contributed by atoms with E-state index in [1.54, 1.807) is 0 Å². The van der Waals surface area contributed by atoms with Crippen molar-refractivity contribution in [3.05, 3.63) is 0 Å². The average molecular weight is 144 g/mol. The van der Waals surface area contributed by atoms with E-state index in [1.807, 2.05) is 0 Å². The van der Waals surface area contributed by atoms with E-state index in [0.29, 0.717) is 0 Å². The van der Waals surface area contributed by atoms with Gasteiger partial charge in [-0.2, -0.15) is 0 Å². The lowest BCUT2D eigenvalue weighted by molar-refractivity contribution is -0.312.